The maximum Gasteiger partial charge on any atom is 0.256 e. The van der Waals surface area contributed by atoms with Crippen LogP contribution in [0.4, 0.5) is 0 Å². The highest BCUT2D eigenvalue weighted by molar-refractivity contribution is 6.68. The zero-order valence-electron chi connectivity index (χ0n) is 9.38. The lowest BCUT2D eigenvalue weighted by atomic mass is 9.99. The summed E-state index contributed by atoms with van der Waals surface area (Å²) in [7, 11) is 1.57. The Labute approximate surface area is 101 Å². The molecule has 0 unspecified atom stereocenters. The summed E-state index contributed by atoms with van der Waals surface area (Å²) in [5, 5.41) is -0.441. The van der Waals surface area contributed by atoms with E-state index in [1.54, 1.807) is 7.11 Å². The first-order valence-corrected chi connectivity index (χ1v) is 6.00. The van der Waals surface area contributed by atoms with Gasteiger partial charge in [0, 0.05) is 0 Å². The summed E-state index contributed by atoms with van der Waals surface area (Å²) < 4.78 is 5.21. The number of methoxy groups -OCH3 is 1. The molecule has 0 bridgehead atoms. The van der Waals surface area contributed by atoms with Crippen molar-refractivity contribution in [3.05, 3.63) is 28.8 Å². The van der Waals surface area contributed by atoms with E-state index in [1.165, 1.54) is 30.4 Å². The molecular weight excluding hydrogens is 224 g/mol. The van der Waals surface area contributed by atoms with Gasteiger partial charge in [-0.3, -0.25) is 4.79 Å². The number of benzene rings is 1. The minimum atomic E-state index is -0.441. The molecule has 0 atom stereocenters. The third-order valence-corrected chi connectivity index (χ3v) is 3.33. The van der Waals surface area contributed by atoms with Crippen molar-refractivity contribution in [2.75, 3.05) is 7.11 Å². The summed E-state index contributed by atoms with van der Waals surface area (Å²) in [6.45, 7) is 0. The Bertz CT molecular complexity index is 413. The number of hydrogen-bond acceptors (Lipinski definition) is 2. The first-order chi connectivity index (χ1) is 7.72. The van der Waals surface area contributed by atoms with E-state index in [0.29, 0.717) is 11.3 Å². The first kappa shape index (κ1) is 11.5. The van der Waals surface area contributed by atoms with E-state index in [0.717, 1.165) is 12.8 Å². The Morgan fingerprint density at radius 1 is 1.19 bits per heavy atom. The van der Waals surface area contributed by atoms with Crippen LogP contribution in [-0.2, 0) is 12.8 Å². The zero-order chi connectivity index (χ0) is 11.5. The minimum Gasteiger partial charge on any atom is -0.496 e. The molecule has 1 aliphatic rings. The molecule has 0 fully saturated rings. The summed E-state index contributed by atoms with van der Waals surface area (Å²) in [4.78, 5) is 11.3. The van der Waals surface area contributed by atoms with Crippen molar-refractivity contribution < 1.29 is 9.53 Å². The van der Waals surface area contributed by atoms with E-state index in [-0.39, 0.29) is 0 Å². The molecule has 86 valence electrons. The third kappa shape index (κ3) is 2.22. The molecule has 0 saturated carbocycles. The lowest BCUT2D eigenvalue weighted by molar-refractivity contribution is 0.107. The Balaban J connectivity index is 2.48. The van der Waals surface area contributed by atoms with Crippen LogP contribution in [0.25, 0.3) is 0 Å². The molecular formula is C13H15ClO2. The summed E-state index contributed by atoms with van der Waals surface area (Å²) in [6, 6.07) is 3.87. The molecule has 16 heavy (non-hydrogen) atoms. The Hall–Kier alpha value is -1.02. The number of fused-ring (bicyclic) bond motifs is 1. The molecule has 0 radical (unpaired) electrons. The maximum atomic E-state index is 11.3. The van der Waals surface area contributed by atoms with Crippen molar-refractivity contribution in [3.63, 3.8) is 0 Å². The molecule has 0 aromatic heterocycles. The fourth-order valence-electron chi connectivity index (χ4n) is 2.26. The highest BCUT2D eigenvalue weighted by Crippen LogP contribution is 2.29. The SMILES string of the molecule is COc1cc2c(cc1C(=O)Cl)CCCCC2. The van der Waals surface area contributed by atoms with Gasteiger partial charge in [-0.05, 0) is 60.5 Å². The van der Waals surface area contributed by atoms with Crippen molar-refractivity contribution in [1.82, 2.24) is 0 Å². The summed E-state index contributed by atoms with van der Waals surface area (Å²) in [6.07, 6.45) is 5.76. The number of halogens is 1. The molecule has 0 aliphatic heterocycles. The molecule has 1 aromatic rings. The normalized spacial score (nSPS) is 15.1. The van der Waals surface area contributed by atoms with Gasteiger partial charge in [0.15, 0.2) is 0 Å². The Morgan fingerprint density at radius 3 is 2.38 bits per heavy atom. The van der Waals surface area contributed by atoms with Crippen LogP contribution >= 0.6 is 11.6 Å². The van der Waals surface area contributed by atoms with Crippen LogP contribution in [0.3, 0.4) is 0 Å². The number of rotatable bonds is 2. The quantitative estimate of drug-likeness (QED) is 0.584. The number of carbonyl (C=O) groups excluding carboxylic acids is 1. The monoisotopic (exact) mass is 238 g/mol. The molecule has 0 spiro atoms. The predicted molar refractivity (Wildman–Crippen MR) is 64.4 cm³/mol. The average Bonchev–Trinajstić information content (AvgIpc) is 2.51. The molecule has 2 nitrogen and oxygen atoms in total. The highest BCUT2D eigenvalue weighted by atomic mass is 35.5. The highest BCUT2D eigenvalue weighted by Gasteiger charge is 2.16. The average molecular weight is 239 g/mol. The van der Waals surface area contributed by atoms with Gasteiger partial charge in [-0.15, -0.1) is 0 Å². The van der Waals surface area contributed by atoms with Crippen molar-refractivity contribution >= 4 is 16.8 Å². The molecule has 1 aliphatic carbocycles. The van der Waals surface area contributed by atoms with Gasteiger partial charge in [0.25, 0.3) is 5.24 Å². The lowest BCUT2D eigenvalue weighted by Crippen LogP contribution is -2.00. The largest absolute Gasteiger partial charge is 0.496 e. The van der Waals surface area contributed by atoms with Gasteiger partial charge in [-0.2, -0.15) is 0 Å². The molecule has 0 heterocycles. The summed E-state index contributed by atoms with van der Waals surface area (Å²) >= 11 is 5.55. The van der Waals surface area contributed by atoms with Crippen LogP contribution in [0.15, 0.2) is 12.1 Å². The van der Waals surface area contributed by atoms with Gasteiger partial charge >= 0.3 is 0 Å². The van der Waals surface area contributed by atoms with Gasteiger partial charge in [-0.25, -0.2) is 0 Å². The standard InChI is InChI=1S/C13H15ClO2/c1-16-12-8-10-6-4-2-3-5-9(10)7-11(12)13(14)15/h7-8H,2-6H2,1H3. The number of aryl methyl sites for hydroxylation is 2. The van der Waals surface area contributed by atoms with E-state index in [1.807, 2.05) is 12.1 Å². The van der Waals surface area contributed by atoms with Gasteiger partial charge < -0.3 is 4.74 Å². The van der Waals surface area contributed by atoms with Crippen LogP contribution in [0.1, 0.15) is 40.7 Å². The molecule has 0 N–H and O–H groups in total. The van der Waals surface area contributed by atoms with Gasteiger partial charge in [0.2, 0.25) is 0 Å². The fraction of sp³-hybridized carbons (Fsp3) is 0.462. The summed E-state index contributed by atoms with van der Waals surface area (Å²) in [5.74, 6) is 0.598. The van der Waals surface area contributed by atoms with E-state index in [4.69, 9.17) is 16.3 Å². The molecule has 2 rings (SSSR count). The zero-order valence-corrected chi connectivity index (χ0v) is 10.1. The van der Waals surface area contributed by atoms with Crippen LogP contribution in [0.2, 0.25) is 0 Å². The number of hydrogen-bond donors (Lipinski definition) is 0. The van der Waals surface area contributed by atoms with Gasteiger partial charge in [0.05, 0.1) is 12.7 Å². The topological polar surface area (TPSA) is 26.3 Å². The van der Waals surface area contributed by atoms with Gasteiger partial charge in [0.1, 0.15) is 5.75 Å². The smallest absolute Gasteiger partial charge is 0.256 e. The fourth-order valence-corrected chi connectivity index (χ4v) is 2.41. The number of carbonyl (C=O) groups is 1. The van der Waals surface area contributed by atoms with Crippen LogP contribution in [-0.4, -0.2) is 12.4 Å². The minimum absolute atomic E-state index is 0.441. The lowest BCUT2D eigenvalue weighted by Gasteiger charge is -2.11. The van der Waals surface area contributed by atoms with E-state index < -0.39 is 5.24 Å². The maximum absolute atomic E-state index is 11.3. The second-order valence-corrected chi connectivity index (χ2v) is 4.50. The van der Waals surface area contributed by atoms with Crippen molar-refractivity contribution in [1.29, 1.82) is 0 Å². The van der Waals surface area contributed by atoms with E-state index in [9.17, 15) is 4.79 Å². The third-order valence-electron chi connectivity index (χ3n) is 3.13. The first-order valence-electron chi connectivity index (χ1n) is 5.62. The second-order valence-electron chi connectivity index (χ2n) is 4.16. The molecule has 0 saturated heterocycles. The molecule has 1 aromatic carbocycles. The molecule has 0 amide bonds. The predicted octanol–water partition coefficient (Wildman–Crippen LogP) is 3.34. The summed E-state index contributed by atoms with van der Waals surface area (Å²) in [5.41, 5.74) is 3.04. The van der Waals surface area contributed by atoms with Crippen molar-refractivity contribution in [3.8, 4) is 5.75 Å². The van der Waals surface area contributed by atoms with Crippen molar-refractivity contribution in [2.45, 2.75) is 32.1 Å². The Kier molecular flexibility index (Phi) is 3.49. The Morgan fingerprint density at radius 2 is 1.81 bits per heavy atom. The van der Waals surface area contributed by atoms with Crippen LogP contribution in [0.5, 0.6) is 5.75 Å². The van der Waals surface area contributed by atoms with Crippen molar-refractivity contribution in [2.24, 2.45) is 0 Å². The second kappa shape index (κ2) is 4.88. The van der Waals surface area contributed by atoms with E-state index >= 15 is 0 Å². The van der Waals surface area contributed by atoms with Crippen LogP contribution < -0.4 is 4.74 Å². The van der Waals surface area contributed by atoms with Gasteiger partial charge in [-0.1, -0.05) is 6.42 Å². The van der Waals surface area contributed by atoms with E-state index in [2.05, 4.69) is 0 Å². The number of ether oxygens (including phenoxy) is 1. The molecule has 3 heteroatoms. The van der Waals surface area contributed by atoms with Crippen LogP contribution in [0, 0.1) is 0 Å².